The predicted molar refractivity (Wildman–Crippen MR) is 325 cm³/mol. The highest BCUT2D eigenvalue weighted by molar-refractivity contribution is 5.75. The Kier molecular flexibility index (Phi) is 20.6. The average molecular weight is 1060 g/mol. The fourth-order valence-electron chi connectivity index (χ4n) is 8.73. The standard InChI is InChI=1S/C26H25N3O.C23H29N3O2.C14H13N3O.3CH4/c1-15-6-9-20(18(4)12-15)24-27-25(21-10-7-16(2)13-19(21)5)29-26(28-24)22-11-8-17(3)14-23(22)30;1-6-13-28-16(2)11-12-17-14-18(23(3,4)5)22(27)21(15-17)26-24-19-9-7-8-10-20(19)25-26;1-2-10-7-8-14(18)13(9-10)17-15-11-5-3-4-6-12(11)16-17;;;/h6-14,30H,1-5H3;7-10,14-15,27H,2,6,11-13H2,1,3-5H3;3-9,18H,2H2,1H3;3*1H4. The second-order valence-corrected chi connectivity index (χ2v) is 20.2. The SMILES string of the molecule is C.C.C.C=C(CCc1cc(-n2nc3ccccc3n2)c(O)c(C(C)(C)C)c1)OCCC.CCc1ccc(O)c(-n2nc3ccccc3n2)c1.Cc1ccc(-c2nc(-c3ccc(C)cc3C)nc(-c3ccc(C)cc3O)n2)c(C)c1. The molecule has 13 heteroatoms. The Morgan fingerprint density at radius 1 is 0.519 bits per heavy atom. The summed E-state index contributed by atoms with van der Waals surface area (Å²) in [5.74, 6) is 3.04. The molecule has 0 saturated heterocycles. The monoisotopic (exact) mass is 1060 g/mol. The van der Waals surface area contributed by atoms with Gasteiger partial charge in [0.2, 0.25) is 0 Å². The number of ether oxygens (including phenoxy) is 1. The maximum absolute atomic E-state index is 11.0. The van der Waals surface area contributed by atoms with Crippen molar-refractivity contribution in [1.82, 2.24) is 44.9 Å². The lowest BCUT2D eigenvalue weighted by atomic mass is 9.84. The maximum atomic E-state index is 11.0. The molecule has 10 rings (SSSR count). The van der Waals surface area contributed by atoms with E-state index in [0.717, 1.165) is 98.0 Å². The van der Waals surface area contributed by atoms with Crippen LogP contribution in [0.3, 0.4) is 0 Å². The third-order valence-corrected chi connectivity index (χ3v) is 12.9. The van der Waals surface area contributed by atoms with Gasteiger partial charge in [-0.15, -0.1) is 30.0 Å². The Hall–Kier alpha value is -8.71. The maximum Gasteiger partial charge on any atom is 0.167 e. The van der Waals surface area contributed by atoms with E-state index in [1.807, 2.05) is 97.9 Å². The van der Waals surface area contributed by atoms with Crippen LogP contribution >= 0.6 is 0 Å². The summed E-state index contributed by atoms with van der Waals surface area (Å²) in [5.41, 5.74) is 15.4. The van der Waals surface area contributed by atoms with Gasteiger partial charge < -0.3 is 20.1 Å². The molecule has 0 atom stereocenters. The molecular formula is C66H79N9O4. The molecule has 0 saturated carbocycles. The number of rotatable bonds is 12. The number of phenols is 3. The Morgan fingerprint density at radius 2 is 0.962 bits per heavy atom. The first-order valence-corrected chi connectivity index (χ1v) is 25.7. The molecule has 79 heavy (non-hydrogen) atoms. The van der Waals surface area contributed by atoms with Crippen molar-refractivity contribution in [2.75, 3.05) is 6.61 Å². The van der Waals surface area contributed by atoms with Crippen LogP contribution < -0.4 is 0 Å². The van der Waals surface area contributed by atoms with Gasteiger partial charge in [-0.1, -0.05) is 153 Å². The van der Waals surface area contributed by atoms with E-state index in [-0.39, 0.29) is 44.9 Å². The van der Waals surface area contributed by atoms with Gasteiger partial charge >= 0.3 is 0 Å². The van der Waals surface area contributed by atoms with E-state index < -0.39 is 0 Å². The van der Waals surface area contributed by atoms with Gasteiger partial charge in [0.05, 0.1) is 17.9 Å². The summed E-state index contributed by atoms with van der Waals surface area (Å²) in [4.78, 5) is 17.3. The predicted octanol–water partition coefficient (Wildman–Crippen LogP) is 16.0. The number of hydrogen-bond donors (Lipinski definition) is 3. The summed E-state index contributed by atoms with van der Waals surface area (Å²) >= 11 is 0. The second kappa shape index (κ2) is 26.6. The number of aromatic nitrogens is 9. The van der Waals surface area contributed by atoms with E-state index in [0.29, 0.717) is 41.0 Å². The summed E-state index contributed by atoms with van der Waals surface area (Å²) in [6.07, 6.45) is 3.39. The van der Waals surface area contributed by atoms with E-state index >= 15 is 0 Å². The molecule has 0 bridgehead atoms. The van der Waals surface area contributed by atoms with Crippen molar-refractivity contribution in [3.05, 3.63) is 190 Å². The Labute approximate surface area is 467 Å². The number of aryl methyl sites for hydroxylation is 7. The van der Waals surface area contributed by atoms with Gasteiger partial charge in [0.25, 0.3) is 0 Å². The highest BCUT2D eigenvalue weighted by Gasteiger charge is 2.24. The van der Waals surface area contributed by atoms with E-state index in [4.69, 9.17) is 19.7 Å². The minimum Gasteiger partial charge on any atom is -0.507 e. The van der Waals surface area contributed by atoms with E-state index in [1.54, 1.807) is 12.1 Å². The van der Waals surface area contributed by atoms with Gasteiger partial charge in [0.15, 0.2) is 17.5 Å². The molecule has 13 nitrogen and oxygen atoms in total. The molecule has 0 fully saturated rings. The first-order chi connectivity index (χ1) is 36.4. The van der Waals surface area contributed by atoms with Crippen LogP contribution in [0.4, 0.5) is 0 Å². The van der Waals surface area contributed by atoms with E-state index in [2.05, 4.69) is 120 Å². The van der Waals surface area contributed by atoms with Gasteiger partial charge in [-0.2, -0.15) is 0 Å². The zero-order valence-electron chi connectivity index (χ0n) is 45.2. The minimum absolute atomic E-state index is 0. The minimum atomic E-state index is -0.211. The highest BCUT2D eigenvalue weighted by Crippen LogP contribution is 2.37. The normalized spacial score (nSPS) is 10.8. The molecule has 412 valence electrons. The van der Waals surface area contributed by atoms with Crippen molar-refractivity contribution < 1.29 is 20.1 Å². The highest BCUT2D eigenvalue weighted by atomic mass is 16.5. The van der Waals surface area contributed by atoms with Crippen molar-refractivity contribution in [1.29, 1.82) is 0 Å². The van der Waals surface area contributed by atoms with Crippen LogP contribution in [0.25, 0.3) is 67.6 Å². The third kappa shape index (κ3) is 14.7. The number of aromatic hydroxyl groups is 3. The Morgan fingerprint density at radius 3 is 1.41 bits per heavy atom. The lowest BCUT2D eigenvalue weighted by molar-refractivity contribution is 0.204. The molecule has 7 aromatic carbocycles. The molecule has 0 unspecified atom stereocenters. The largest absolute Gasteiger partial charge is 0.507 e. The topological polar surface area (TPSA) is 170 Å². The van der Waals surface area contributed by atoms with Crippen LogP contribution in [-0.2, 0) is 23.0 Å². The Bertz CT molecular complexity index is 3470. The first-order valence-electron chi connectivity index (χ1n) is 25.7. The van der Waals surface area contributed by atoms with E-state index in [9.17, 15) is 15.3 Å². The summed E-state index contributed by atoms with van der Waals surface area (Å²) in [7, 11) is 0. The van der Waals surface area contributed by atoms with Gasteiger partial charge in [-0.25, -0.2) is 15.0 Å². The van der Waals surface area contributed by atoms with Crippen LogP contribution in [0.15, 0.2) is 146 Å². The molecule has 0 aliphatic heterocycles. The van der Waals surface area contributed by atoms with Gasteiger partial charge in [-0.3, -0.25) is 0 Å². The zero-order valence-corrected chi connectivity index (χ0v) is 45.2. The van der Waals surface area contributed by atoms with Gasteiger partial charge in [0, 0.05) is 23.1 Å². The number of hydrogen-bond acceptors (Lipinski definition) is 11. The molecule has 10 aromatic rings. The van der Waals surface area contributed by atoms with Crippen LogP contribution in [0.1, 0.15) is 114 Å². The van der Waals surface area contributed by atoms with Crippen LogP contribution in [0.2, 0.25) is 0 Å². The van der Waals surface area contributed by atoms with Crippen molar-refractivity contribution in [2.45, 2.75) is 123 Å². The van der Waals surface area contributed by atoms with Gasteiger partial charge in [0.1, 0.15) is 50.7 Å². The van der Waals surface area contributed by atoms with Crippen molar-refractivity contribution in [3.8, 4) is 62.8 Å². The molecule has 0 spiro atoms. The number of benzene rings is 7. The number of nitrogens with zero attached hydrogens (tertiary/aromatic N) is 9. The van der Waals surface area contributed by atoms with Crippen molar-refractivity contribution in [3.63, 3.8) is 0 Å². The molecule has 0 amide bonds. The number of phenolic OH excluding ortho intramolecular Hbond substituents is 3. The second-order valence-electron chi connectivity index (χ2n) is 20.2. The lowest BCUT2D eigenvalue weighted by Crippen LogP contribution is -2.14. The smallest absolute Gasteiger partial charge is 0.167 e. The summed E-state index contributed by atoms with van der Waals surface area (Å²) in [5, 5.41) is 49.3. The first kappa shape index (κ1) is 61.1. The zero-order chi connectivity index (χ0) is 54.3. The Balaban J connectivity index is 0.000000220. The fraction of sp³-hybridized carbons (Fsp3) is 0.288. The fourth-order valence-corrected chi connectivity index (χ4v) is 8.73. The lowest BCUT2D eigenvalue weighted by Gasteiger charge is -2.23. The summed E-state index contributed by atoms with van der Waals surface area (Å²) in [6.45, 7) is 25.3. The number of allylic oxidation sites excluding steroid dienone is 1. The van der Waals surface area contributed by atoms with Crippen LogP contribution in [0.5, 0.6) is 17.2 Å². The quantitative estimate of drug-likeness (QED) is 0.0995. The van der Waals surface area contributed by atoms with Crippen LogP contribution in [0, 0.1) is 34.6 Å². The molecule has 3 N–H and O–H groups in total. The molecule has 0 aliphatic rings. The van der Waals surface area contributed by atoms with Crippen molar-refractivity contribution >= 4 is 22.1 Å². The molecule has 0 radical (unpaired) electrons. The van der Waals surface area contributed by atoms with Crippen molar-refractivity contribution in [2.24, 2.45) is 0 Å². The van der Waals surface area contributed by atoms with Crippen LogP contribution in [-0.4, -0.2) is 66.9 Å². The van der Waals surface area contributed by atoms with E-state index in [1.165, 1.54) is 20.7 Å². The third-order valence-electron chi connectivity index (χ3n) is 12.9. The summed E-state index contributed by atoms with van der Waals surface area (Å²) in [6, 6.07) is 42.9. The molecule has 0 aliphatic carbocycles. The van der Waals surface area contributed by atoms with Gasteiger partial charge in [-0.05, 0) is 142 Å². The summed E-state index contributed by atoms with van der Waals surface area (Å²) < 4.78 is 5.62. The molecule has 3 aromatic heterocycles. The molecule has 3 heterocycles. The average Bonchev–Trinajstić information content (AvgIpc) is 4.10. The number of fused-ring (bicyclic) bond motifs is 2. The molecular weight excluding hydrogens is 983 g/mol.